The number of nitrogens with one attached hydrogen (secondary N) is 2. The Kier molecular flexibility index (Phi) is 11.8. The summed E-state index contributed by atoms with van der Waals surface area (Å²) in [6.07, 6.45) is 1.68. The molecule has 0 aliphatic carbocycles. The highest BCUT2D eigenvalue weighted by Crippen LogP contribution is 2.16. The number of halogens is 1. The van der Waals surface area contributed by atoms with Crippen LogP contribution in [0, 0.1) is 0 Å². The van der Waals surface area contributed by atoms with E-state index in [0.29, 0.717) is 19.7 Å². The summed E-state index contributed by atoms with van der Waals surface area (Å²) in [5.41, 5.74) is 3.27. The molecule has 3 rings (SSSR count). The molecule has 1 aromatic carbocycles. The van der Waals surface area contributed by atoms with Crippen LogP contribution in [-0.2, 0) is 30.7 Å². The number of aromatic nitrogens is 1. The number of rotatable bonds is 10. The lowest BCUT2D eigenvalue weighted by Gasteiger charge is -2.26. The minimum Gasteiger partial charge on any atom is -0.492 e. The Hall–Kier alpha value is -1.85. The molecule has 8 nitrogen and oxygen atoms in total. The zero-order valence-electron chi connectivity index (χ0n) is 19.4. The van der Waals surface area contributed by atoms with Crippen molar-refractivity contribution in [2.75, 3.05) is 46.5 Å². The van der Waals surface area contributed by atoms with E-state index in [0.717, 1.165) is 80.0 Å². The predicted octanol–water partition coefficient (Wildman–Crippen LogP) is 2.99. The van der Waals surface area contributed by atoms with Crippen LogP contribution in [0.2, 0.25) is 0 Å². The Morgan fingerprint density at radius 2 is 1.94 bits per heavy atom. The maximum atomic E-state index is 5.96. The Labute approximate surface area is 208 Å². The van der Waals surface area contributed by atoms with Crippen molar-refractivity contribution in [3.63, 3.8) is 0 Å². The Morgan fingerprint density at radius 1 is 1.16 bits per heavy atom. The number of benzene rings is 1. The zero-order chi connectivity index (χ0) is 21.9. The van der Waals surface area contributed by atoms with E-state index >= 15 is 0 Å². The molecule has 2 heterocycles. The summed E-state index contributed by atoms with van der Waals surface area (Å²) in [5, 5.41) is 10.9. The lowest BCUT2D eigenvalue weighted by atomic mass is 10.1. The molecule has 178 valence electrons. The molecular formula is C23H36IN5O3. The number of aliphatic imine (C=N–C) groups is 1. The predicted molar refractivity (Wildman–Crippen MR) is 137 cm³/mol. The van der Waals surface area contributed by atoms with Crippen LogP contribution in [-0.4, -0.2) is 62.5 Å². The summed E-state index contributed by atoms with van der Waals surface area (Å²) < 4.78 is 16.8. The summed E-state index contributed by atoms with van der Waals surface area (Å²) >= 11 is 0. The number of aryl methyl sites for hydroxylation is 2. The van der Waals surface area contributed by atoms with E-state index in [1.807, 2.05) is 12.1 Å². The van der Waals surface area contributed by atoms with E-state index in [4.69, 9.17) is 14.0 Å². The smallest absolute Gasteiger partial charge is 0.191 e. The van der Waals surface area contributed by atoms with Crippen LogP contribution in [0.3, 0.4) is 0 Å². The van der Waals surface area contributed by atoms with E-state index in [1.54, 1.807) is 7.05 Å². The average molecular weight is 557 g/mol. The molecule has 0 spiro atoms. The molecule has 0 amide bonds. The molecule has 0 bridgehead atoms. The van der Waals surface area contributed by atoms with Gasteiger partial charge in [0, 0.05) is 51.8 Å². The van der Waals surface area contributed by atoms with Gasteiger partial charge >= 0.3 is 0 Å². The quantitative estimate of drug-likeness (QED) is 0.264. The van der Waals surface area contributed by atoms with Gasteiger partial charge in [-0.1, -0.05) is 31.1 Å². The standard InChI is InChI=1S/C23H35N5O3.HI/c1-4-21-20(22(5-2)31-27-21)17-26-23(24-3)25-16-18-7-6-8-19(15-18)30-14-11-28-9-12-29-13-10-28;/h6-8,15H,4-5,9-14,16-17H2,1-3H3,(H2,24,25,26);1H. The van der Waals surface area contributed by atoms with Crippen molar-refractivity contribution in [3.05, 3.63) is 46.8 Å². The van der Waals surface area contributed by atoms with Gasteiger partial charge in [0.05, 0.1) is 18.9 Å². The fraction of sp³-hybridized carbons (Fsp3) is 0.565. The summed E-state index contributed by atoms with van der Waals surface area (Å²) in [6, 6.07) is 8.18. The lowest BCUT2D eigenvalue weighted by Crippen LogP contribution is -2.38. The van der Waals surface area contributed by atoms with Crippen LogP contribution in [0.15, 0.2) is 33.8 Å². The van der Waals surface area contributed by atoms with Crippen molar-refractivity contribution >= 4 is 29.9 Å². The number of hydrogen-bond acceptors (Lipinski definition) is 6. The molecule has 2 aromatic rings. The van der Waals surface area contributed by atoms with Gasteiger partial charge in [-0.3, -0.25) is 9.89 Å². The molecule has 32 heavy (non-hydrogen) atoms. The van der Waals surface area contributed by atoms with Gasteiger partial charge in [-0.25, -0.2) is 0 Å². The zero-order valence-corrected chi connectivity index (χ0v) is 21.7. The Balaban J connectivity index is 0.00000363. The van der Waals surface area contributed by atoms with Crippen molar-refractivity contribution in [1.29, 1.82) is 0 Å². The molecule has 1 aliphatic rings. The summed E-state index contributed by atoms with van der Waals surface area (Å²) in [7, 11) is 1.77. The molecule has 1 fully saturated rings. The maximum absolute atomic E-state index is 5.96. The van der Waals surface area contributed by atoms with Gasteiger partial charge in [0.15, 0.2) is 5.96 Å². The van der Waals surface area contributed by atoms with Crippen LogP contribution in [0.4, 0.5) is 0 Å². The minimum atomic E-state index is 0. The Morgan fingerprint density at radius 3 is 2.66 bits per heavy atom. The molecule has 2 N–H and O–H groups in total. The molecule has 0 saturated carbocycles. The van der Waals surface area contributed by atoms with E-state index in [-0.39, 0.29) is 24.0 Å². The average Bonchev–Trinajstić information content (AvgIpc) is 3.22. The molecule has 0 radical (unpaired) electrons. The van der Waals surface area contributed by atoms with Gasteiger partial charge in [-0.15, -0.1) is 24.0 Å². The SMILES string of the molecule is CCc1noc(CC)c1CNC(=NC)NCc1cccc(OCCN2CCOCC2)c1.I. The first-order valence-electron chi connectivity index (χ1n) is 11.2. The highest BCUT2D eigenvalue weighted by molar-refractivity contribution is 14.0. The first-order valence-corrected chi connectivity index (χ1v) is 11.2. The van der Waals surface area contributed by atoms with E-state index in [1.165, 1.54) is 0 Å². The summed E-state index contributed by atoms with van der Waals surface area (Å²) in [5.74, 6) is 2.56. The Bertz CT molecular complexity index is 815. The first kappa shape index (κ1) is 26.4. The van der Waals surface area contributed by atoms with Gasteiger partial charge in [-0.05, 0) is 24.1 Å². The molecule has 1 aromatic heterocycles. The monoisotopic (exact) mass is 557 g/mol. The fourth-order valence-electron chi connectivity index (χ4n) is 3.58. The normalized spacial score (nSPS) is 14.7. The van der Waals surface area contributed by atoms with Gasteiger partial charge in [0.2, 0.25) is 0 Å². The number of hydrogen-bond donors (Lipinski definition) is 2. The number of nitrogens with zero attached hydrogens (tertiary/aromatic N) is 3. The van der Waals surface area contributed by atoms with Crippen LogP contribution < -0.4 is 15.4 Å². The number of ether oxygens (including phenoxy) is 2. The van der Waals surface area contributed by atoms with Crippen molar-refractivity contribution in [3.8, 4) is 5.75 Å². The summed E-state index contributed by atoms with van der Waals surface area (Å²) in [6.45, 7) is 10.6. The van der Waals surface area contributed by atoms with Crippen molar-refractivity contribution in [1.82, 2.24) is 20.7 Å². The molecular weight excluding hydrogens is 521 g/mol. The van der Waals surface area contributed by atoms with Gasteiger partial charge in [0.1, 0.15) is 18.1 Å². The van der Waals surface area contributed by atoms with Crippen LogP contribution in [0.25, 0.3) is 0 Å². The largest absolute Gasteiger partial charge is 0.492 e. The third kappa shape index (κ3) is 7.93. The molecule has 1 saturated heterocycles. The summed E-state index contributed by atoms with van der Waals surface area (Å²) in [4.78, 5) is 6.70. The van der Waals surface area contributed by atoms with Crippen LogP contribution in [0.5, 0.6) is 5.75 Å². The fourth-order valence-corrected chi connectivity index (χ4v) is 3.58. The van der Waals surface area contributed by atoms with Gasteiger partial charge < -0.3 is 24.6 Å². The van der Waals surface area contributed by atoms with Crippen LogP contribution >= 0.6 is 24.0 Å². The lowest BCUT2D eigenvalue weighted by molar-refractivity contribution is 0.0322. The van der Waals surface area contributed by atoms with Gasteiger partial charge in [0.25, 0.3) is 0 Å². The van der Waals surface area contributed by atoms with E-state index < -0.39 is 0 Å². The second kappa shape index (κ2) is 14.3. The van der Waals surface area contributed by atoms with E-state index in [9.17, 15) is 0 Å². The maximum Gasteiger partial charge on any atom is 0.191 e. The number of morpholine rings is 1. The highest BCUT2D eigenvalue weighted by Gasteiger charge is 2.14. The van der Waals surface area contributed by atoms with Crippen LogP contribution in [0.1, 0.15) is 36.4 Å². The molecule has 0 atom stereocenters. The number of guanidine groups is 1. The second-order valence-corrected chi connectivity index (χ2v) is 7.47. The molecule has 9 heteroatoms. The van der Waals surface area contributed by atoms with Gasteiger partial charge in [-0.2, -0.15) is 0 Å². The van der Waals surface area contributed by atoms with Crippen molar-refractivity contribution < 1.29 is 14.0 Å². The van der Waals surface area contributed by atoms with Crippen molar-refractivity contribution in [2.24, 2.45) is 4.99 Å². The topological polar surface area (TPSA) is 84.2 Å². The molecule has 1 aliphatic heterocycles. The van der Waals surface area contributed by atoms with E-state index in [2.05, 4.69) is 51.7 Å². The van der Waals surface area contributed by atoms with Crippen molar-refractivity contribution in [2.45, 2.75) is 39.8 Å². The second-order valence-electron chi connectivity index (χ2n) is 7.47. The third-order valence-electron chi connectivity index (χ3n) is 5.40. The molecule has 0 unspecified atom stereocenters. The first-order chi connectivity index (χ1) is 15.2. The third-order valence-corrected chi connectivity index (χ3v) is 5.40. The highest BCUT2D eigenvalue weighted by atomic mass is 127. The minimum absolute atomic E-state index is 0.